The summed E-state index contributed by atoms with van der Waals surface area (Å²) < 4.78 is 7.33. The number of rotatable bonds is 8. The molecule has 0 spiro atoms. The molecule has 1 unspecified atom stereocenters. The number of ether oxygens (including phenoxy) is 1. The lowest BCUT2D eigenvalue weighted by atomic mass is 9.88. The van der Waals surface area contributed by atoms with Crippen molar-refractivity contribution in [2.24, 2.45) is 5.92 Å². The fourth-order valence-corrected chi connectivity index (χ4v) is 5.19. The van der Waals surface area contributed by atoms with Crippen molar-refractivity contribution in [2.75, 3.05) is 5.75 Å². The zero-order valence-electron chi connectivity index (χ0n) is 18.1. The van der Waals surface area contributed by atoms with Crippen molar-refractivity contribution in [3.8, 4) is 0 Å². The second kappa shape index (κ2) is 9.86. The van der Waals surface area contributed by atoms with Crippen molar-refractivity contribution in [1.82, 2.24) is 9.55 Å². The maximum absolute atomic E-state index is 13.0. The summed E-state index contributed by atoms with van der Waals surface area (Å²) in [5.74, 6) is 0.0796. The van der Waals surface area contributed by atoms with Gasteiger partial charge in [-0.25, -0.2) is 9.78 Å². The topological polar surface area (TPSA) is 81.4 Å². The molecule has 0 aliphatic heterocycles. The van der Waals surface area contributed by atoms with Crippen LogP contribution in [0.4, 0.5) is 0 Å². The lowest BCUT2D eigenvalue weighted by Crippen LogP contribution is -2.32. The molecule has 1 N–H and O–H groups in total. The Kier molecular flexibility index (Phi) is 7.45. The highest BCUT2D eigenvalue weighted by Gasteiger charge is 2.32. The molecule has 1 aromatic heterocycles. The number of carbonyl (C=O) groups is 2. The number of aromatic nitrogens is 2. The van der Waals surface area contributed by atoms with Gasteiger partial charge in [-0.05, 0) is 45.2 Å². The number of fused-ring (bicyclic) bond motifs is 1. The molecule has 2 aromatic rings. The molecule has 1 heterocycles. The van der Waals surface area contributed by atoms with Crippen LogP contribution in [0.5, 0.6) is 0 Å². The van der Waals surface area contributed by atoms with Gasteiger partial charge in [0.25, 0.3) is 0 Å². The summed E-state index contributed by atoms with van der Waals surface area (Å²) in [5.41, 5.74) is 0.824. The monoisotopic (exact) mass is 432 g/mol. The predicted molar refractivity (Wildman–Crippen MR) is 119 cm³/mol. The normalized spacial score (nSPS) is 16.5. The first kappa shape index (κ1) is 22.7. The number of benzene rings is 1. The van der Waals surface area contributed by atoms with Crippen molar-refractivity contribution < 1.29 is 19.4 Å². The van der Waals surface area contributed by atoms with Crippen LogP contribution in [0.25, 0.3) is 11.0 Å². The molecule has 7 heteroatoms. The van der Waals surface area contributed by atoms with Crippen LogP contribution in [-0.2, 0) is 14.3 Å². The van der Waals surface area contributed by atoms with Gasteiger partial charge in [-0.3, -0.25) is 4.79 Å². The van der Waals surface area contributed by atoms with Crippen LogP contribution in [0.15, 0.2) is 29.4 Å². The summed E-state index contributed by atoms with van der Waals surface area (Å²) in [4.78, 5) is 29.3. The minimum Gasteiger partial charge on any atom is -0.481 e. The molecule has 0 saturated heterocycles. The van der Waals surface area contributed by atoms with Gasteiger partial charge < -0.3 is 14.4 Å². The van der Waals surface area contributed by atoms with E-state index in [4.69, 9.17) is 9.72 Å². The van der Waals surface area contributed by atoms with Crippen LogP contribution in [-0.4, -0.2) is 38.0 Å². The van der Waals surface area contributed by atoms with Crippen LogP contribution in [0.1, 0.15) is 71.8 Å². The third kappa shape index (κ3) is 6.00. The van der Waals surface area contributed by atoms with Gasteiger partial charge in [0, 0.05) is 5.75 Å². The Morgan fingerprint density at radius 3 is 2.60 bits per heavy atom. The average Bonchev–Trinajstić information content (AvgIpc) is 3.03. The summed E-state index contributed by atoms with van der Waals surface area (Å²) >= 11 is 1.61. The Hall–Kier alpha value is -2.02. The van der Waals surface area contributed by atoms with E-state index < -0.39 is 23.6 Å². The summed E-state index contributed by atoms with van der Waals surface area (Å²) in [5, 5.41) is 10.2. The maximum Gasteiger partial charge on any atom is 0.330 e. The largest absolute Gasteiger partial charge is 0.481 e. The van der Waals surface area contributed by atoms with Gasteiger partial charge in [0.05, 0.1) is 17.5 Å². The van der Waals surface area contributed by atoms with Crippen LogP contribution in [0.2, 0.25) is 0 Å². The SMILES string of the molecule is CC(C)(C)OC(=O)C(CC(=O)O)n1c(SCCC2CCCCC2)nc2ccccc21. The Labute approximate surface area is 182 Å². The average molecular weight is 433 g/mol. The molecule has 3 rings (SSSR count). The molecular formula is C23H32N2O4S. The summed E-state index contributed by atoms with van der Waals surface area (Å²) in [6, 6.07) is 6.60. The predicted octanol–water partition coefficient (Wildman–Crippen LogP) is 5.46. The fraction of sp³-hybridized carbons (Fsp3) is 0.609. The smallest absolute Gasteiger partial charge is 0.330 e. The Bertz CT molecular complexity index is 881. The van der Waals surface area contributed by atoms with Crippen molar-refractivity contribution >= 4 is 34.7 Å². The summed E-state index contributed by atoms with van der Waals surface area (Å²) in [6.07, 6.45) is 7.31. The zero-order valence-corrected chi connectivity index (χ0v) is 18.9. The van der Waals surface area contributed by atoms with E-state index in [9.17, 15) is 14.7 Å². The van der Waals surface area contributed by atoms with Gasteiger partial charge in [-0.15, -0.1) is 0 Å². The fourth-order valence-electron chi connectivity index (χ4n) is 4.03. The minimum absolute atomic E-state index is 0.342. The number of carbonyl (C=O) groups excluding carboxylic acids is 1. The molecule has 0 bridgehead atoms. The number of imidazole rings is 1. The number of hydrogen-bond donors (Lipinski definition) is 1. The first-order chi connectivity index (χ1) is 14.2. The molecule has 1 aliphatic carbocycles. The van der Waals surface area contributed by atoms with Gasteiger partial charge in [0.1, 0.15) is 11.6 Å². The third-order valence-corrected chi connectivity index (χ3v) is 6.39. The third-order valence-electron chi connectivity index (χ3n) is 5.40. The maximum atomic E-state index is 13.0. The Morgan fingerprint density at radius 1 is 1.23 bits per heavy atom. The number of thioether (sulfide) groups is 1. The van der Waals surface area contributed by atoms with E-state index in [2.05, 4.69) is 0 Å². The zero-order chi connectivity index (χ0) is 21.7. The standard InChI is InChI=1S/C23H32N2O4S/c1-23(2,3)29-21(28)19(15-20(26)27)25-18-12-8-7-11-17(18)24-22(25)30-14-13-16-9-5-4-6-10-16/h7-8,11-12,16,19H,4-6,9-10,13-15H2,1-3H3,(H,26,27). The molecule has 0 amide bonds. The quantitative estimate of drug-likeness (QED) is 0.441. The highest BCUT2D eigenvalue weighted by Crippen LogP contribution is 2.33. The molecule has 1 fully saturated rings. The molecule has 1 atom stereocenters. The van der Waals surface area contributed by atoms with Crippen molar-refractivity contribution in [2.45, 2.75) is 82.5 Å². The number of esters is 1. The number of carboxylic acid groups (broad SMARTS) is 1. The van der Waals surface area contributed by atoms with Gasteiger partial charge in [0.2, 0.25) is 0 Å². The summed E-state index contributed by atoms with van der Waals surface area (Å²) in [6.45, 7) is 5.36. The van der Waals surface area contributed by atoms with Gasteiger partial charge >= 0.3 is 11.9 Å². The van der Waals surface area contributed by atoms with E-state index in [1.165, 1.54) is 32.1 Å². The van der Waals surface area contributed by atoms with E-state index >= 15 is 0 Å². The van der Waals surface area contributed by atoms with Gasteiger partial charge in [-0.2, -0.15) is 0 Å². The number of para-hydroxylation sites is 2. The van der Waals surface area contributed by atoms with Crippen molar-refractivity contribution in [1.29, 1.82) is 0 Å². The second-order valence-corrected chi connectivity index (χ2v) is 10.1. The minimum atomic E-state index is -1.04. The van der Waals surface area contributed by atoms with Crippen LogP contribution >= 0.6 is 11.8 Å². The van der Waals surface area contributed by atoms with Crippen LogP contribution < -0.4 is 0 Å². The molecule has 1 saturated carbocycles. The molecular weight excluding hydrogens is 400 g/mol. The van der Waals surface area contributed by atoms with Crippen molar-refractivity contribution in [3.05, 3.63) is 24.3 Å². The second-order valence-electron chi connectivity index (χ2n) is 9.04. The van der Waals surface area contributed by atoms with E-state index in [0.29, 0.717) is 5.16 Å². The summed E-state index contributed by atoms with van der Waals surface area (Å²) in [7, 11) is 0. The van der Waals surface area contributed by atoms with Crippen LogP contribution in [0.3, 0.4) is 0 Å². The van der Waals surface area contributed by atoms with E-state index in [0.717, 1.165) is 29.1 Å². The van der Waals surface area contributed by atoms with Gasteiger partial charge in [0.15, 0.2) is 5.16 Å². The van der Waals surface area contributed by atoms with Gasteiger partial charge in [-0.1, -0.05) is 56.0 Å². The van der Waals surface area contributed by atoms with Crippen LogP contribution in [0, 0.1) is 5.92 Å². The van der Waals surface area contributed by atoms with Crippen molar-refractivity contribution in [3.63, 3.8) is 0 Å². The van der Waals surface area contributed by atoms with E-state index in [1.54, 1.807) is 37.1 Å². The first-order valence-corrected chi connectivity index (χ1v) is 11.8. The molecule has 0 radical (unpaired) electrons. The number of aliphatic carboxylic acids is 1. The molecule has 1 aliphatic rings. The molecule has 1 aromatic carbocycles. The Morgan fingerprint density at radius 2 is 1.93 bits per heavy atom. The lowest BCUT2D eigenvalue weighted by Gasteiger charge is -2.25. The number of carboxylic acids is 1. The van der Waals surface area contributed by atoms with E-state index in [-0.39, 0.29) is 6.42 Å². The van der Waals surface area contributed by atoms with E-state index in [1.807, 2.05) is 24.3 Å². The molecule has 30 heavy (non-hydrogen) atoms. The molecule has 164 valence electrons. The lowest BCUT2D eigenvalue weighted by molar-refractivity contribution is -0.162. The number of hydrogen-bond acceptors (Lipinski definition) is 5. The first-order valence-electron chi connectivity index (χ1n) is 10.8. The highest BCUT2D eigenvalue weighted by molar-refractivity contribution is 7.99. The number of nitrogens with zero attached hydrogens (tertiary/aromatic N) is 2. The highest BCUT2D eigenvalue weighted by atomic mass is 32.2. The Balaban J connectivity index is 1.88. The molecule has 6 nitrogen and oxygen atoms in total.